The van der Waals surface area contributed by atoms with Crippen molar-refractivity contribution in [1.82, 2.24) is 4.90 Å². The normalized spacial score (nSPS) is 17.6. The smallest absolute Gasteiger partial charge is 0.442 e. The quantitative estimate of drug-likeness (QED) is 0.187. The summed E-state index contributed by atoms with van der Waals surface area (Å²) in [5, 5.41) is 8.88. The van der Waals surface area contributed by atoms with Crippen molar-refractivity contribution < 1.29 is 42.1 Å². The number of rotatable bonds is 13. The average Bonchev–Trinajstić information content (AvgIpc) is 3.73. The van der Waals surface area contributed by atoms with Gasteiger partial charge in [-0.25, -0.2) is 9.59 Å². The van der Waals surface area contributed by atoms with Crippen LogP contribution in [0.3, 0.4) is 0 Å². The van der Waals surface area contributed by atoms with Gasteiger partial charge in [-0.2, -0.15) is 0 Å². The number of nitrogens with zero attached hydrogens (tertiary/aromatic N) is 1. The number of hydrogen-bond donors (Lipinski definition) is 1. The van der Waals surface area contributed by atoms with E-state index >= 15 is 0 Å². The largest absolute Gasteiger partial charge is 0.494 e. The fraction of sp³-hybridized carbons (Fsp3) is 0.324. The Hall–Kier alpha value is -4.48. The topological polar surface area (TPSA) is 121 Å². The maximum absolute atomic E-state index is 12.5. The van der Waals surface area contributed by atoms with Crippen LogP contribution < -0.4 is 14.2 Å². The SMILES string of the molecule is COc1cc(CC2=C(c3ccc(OCCCC(=O)O)cc3)S3(OC(=O)C(=O)O3)c3ccccc32)ccc1OCCN1CCCC1. The molecule has 0 atom stereocenters. The molecule has 11 heteroatoms. The third-order valence-corrected chi connectivity index (χ3v) is 10.7. The van der Waals surface area contributed by atoms with E-state index in [4.69, 9.17) is 27.7 Å². The minimum atomic E-state index is -2.92. The first-order chi connectivity index (χ1) is 21.9. The molecule has 0 bridgehead atoms. The molecule has 2 saturated heterocycles. The van der Waals surface area contributed by atoms with Crippen molar-refractivity contribution in [2.75, 3.05) is 40.0 Å². The van der Waals surface area contributed by atoms with Gasteiger partial charge in [0.2, 0.25) is 0 Å². The Morgan fingerprint density at radius 2 is 1.64 bits per heavy atom. The van der Waals surface area contributed by atoms with E-state index in [1.807, 2.05) is 54.6 Å². The zero-order chi connectivity index (χ0) is 31.4. The Morgan fingerprint density at radius 3 is 2.36 bits per heavy atom. The molecule has 3 aliphatic rings. The molecule has 1 spiro atoms. The highest BCUT2D eigenvalue weighted by atomic mass is 32.3. The maximum atomic E-state index is 12.5. The van der Waals surface area contributed by atoms with Gasteiger partial charge in [0, 0.05) is 30.5 Å². The van der Waals surface area contributed by atoms with Crippen molar-refractivity contribution in [3.8, 4) is 17.2 Å². The van der Waals surface area contributed by atoms with Crippen LogP contribution in [-0.2, 0) is 29.2 Å². The summed E-state index contributed by atoms with van der Waals surface area (Å²) in [4.78, 5) is 39.6. The third kappa shape index (κ3) is 6.36. The monoisotopic (exact) mass is 633 g/mol. The van der Waals surface area contributed by atoms with Gasteiger partial charge >= 0.3 is 17.9 Å². The van der Waals surface area contributed by atoms with Gasteiger partial charge in [-0.1, -0.05) is 34.9 Å². The fourth-order valence-electron chi connectivity index (χ4n) is 5.87. The van der Waals surface area contributed by atoms with Crippen molar-refractivity contribution in [2.45, 2.75) is 37.0 Å². The van der Waals surface area contributed by atoms with E-state index in [1.165, 1.54) is 12.8 Å². The lowest BCUT2D eigenvalue weighted by atomic mass is 9.96. The first-order valence-corrected chi connectivity index (χ1v) is 16.5. The van der Waals surface area contributed by atoms with E-state index in [2.05, 4.69) is 4.90 Å². The highest BCUT2D eigenvalue weighted by Crippen LogP contribution is 2.76. The van der Waals surface area contributed by atoms with Crippen LogP contribution in [0.5, 0.6) is 17.2 Å². The third-order valence-electron chi connectivity index (χ3n) is 7.99. The zero-order valence-electron chi connectivity index (χ0n) is 25.0. The average molecular weight is 634 g/mol. The van der Waals surface area contributed by atoms with E-state index in [-0.39, 0.29) is 13.0 Å². The lowest BCUT2D eigenvalue weighted by Crippen LogP contribution is -2.25. The number of benzene rings is 3. The van der Waals surface area contributed by atoms with Gasteiger partial charge in [0.25, 0.3) is 0 Å². The van der Waals surface area contributed by atoms with Crippen LogP contribution in [0.15, 0.2) is 71.6 Å². The van der Waals surface area contributed by atoms with Crippen molar-refractivity contribution in [2.24, 2.45) is 0 Å². The number of carboxylic acid groups (broad SMARTS) is 1. The van der Waals surface area contributed by atoms with Crippen molar-refractivity contribution >= 4 is 39.0 Å². The summed E-state index contributed by atoms with van der Waals surface area (Å²) < 4.78 is 29.2. The maximum Gasteiger partial charge on any atom is 0.442 e. The Bertz CT molecular complexity index is 1610. The number of carbonyl (C=O) groups is 3. The van der Waals surface area contributed by atoms with Crippen LogP contribution in [0.1, 0.15) is 42.4 Å². The zero-order valence-corrected chi connectivity index (χ0v) is 25.8. The van der Waals surface area contributed by atoms with Gasteiger partial charge in [-0.15, -0.1) is 0 Å². The number of allylic oxidation sites excluding steroid dienone is 1. The number of methoxy groups -OCH3 is 1. The molecule has 0 aromatic heterocycles. The summed E-state index contributed by atoms with van der Waals surface area (Å²) in [7, 11) is -1.31. The Balaban J connectivity index is 1.32. The number of ether oxygens (including phenoxy) is 3. The summed E-state index contributed by atoms with van der Waals surface area (Å²) in [5.41, 5.74) is 3.35. The van der Waals surface area contributed by atoms with Crippen molar-refractivity contribution in [3.63, 3.8) is 0 Å². The van der Waals surface area contributed by atoms with Gasteiger partial charge in [0.05, 0.1) is 23.5 Å². The molecule has 2 fully saturated rings. The molecule has 0 amide bonds. The molecule has 236 valence electrons. The molecule has 3 aromatic rings. The lowest BCUT2D eigenvalue weighted by Gasteiger charge is -2.34. The highest BCUT2D eigenvalue weighted by Gasteiger charge is 2.52. The second-order valence-corrected chi connectivity index (χ2v) is 13.2. The highest BCUT2D eigenvalue weighted by molar-refractivity contribution is 8.35. The predicted octanol–water partition coefficient (Wildman–Crippen LogP) is 5.63. The molecule has 3 aromatic carbocycles. The minimum absolute atomic E-state index is 0.0195. The molecule has 0 radical (unpaired) electrons. The first-order valence-electron chi connectivity index (χ1n) is 15.0. The van der Waals surface area contributed by atoms with E-state index in [0.29, 0.717) is 52.1 Å². The van der Waals surface area contributed by atoms with Gasteiger partial charge in [0.1, 0.15) is 12.4 Å². The summed E-state index contributed by atoms with van der Waals surface area (Å²) in [6, 6.07) is 20.6. The van der Waals surface area contributed by atoms with Crippen molar-refractivity contribution in [1.29, 1.82) is 0 Å². The Labute approximate surface area is 263 Å². The van der Waals surface area contributed by atoms with Crippen LogP contribution in [0.2, 0.25) is 0 Å². The summed E-state index contributed by atoms with van der Waals surface area (Å²) >= 11 is 0. The standard InChI is InChI=1S/C34H35NO9S/c1-40-29-22-23(10-15-28(29)42-20-18-35-16-4-5-17-35)21-27-26-7-2-3-8-30(26)45(43-33(38)34(39)44-45)32(27)24-11-13-25(14-12-24)41-19-6-9-31(36)37/h2-3,7-8,10-15,22H,4-6,9,16-21H2,1H3,(H,36,37). The second-order valence-electron chi connectivity index (χ2n) is 11.0. The summed E-state index contributed by atoms with van der Waals surface area (Å²) in [5.74, 6) is -1.06. The van der Waals surface area contributed by atoms with E-state index in [9.17, 15) is 14.4 Å². The molecule has 6 rings (SSSR count). The van der Waals surface area contributed by atoms with Crippen LogP contribution in [0, 0.1) is 0 Å². The van der Waals surface area contributed by atoms with E-state index in [1.54, 1.807) is 19.2 Å². The van der Waals surface area contributed by atoms with Crippen LogP contribution >= 0.6 is 10.6 Å². The molecule has 45 heavy (non-hydrogen) atoms. The summed E-state index contributed by atoms with van der Waals surface area (Å²) in [6.45, 7) is 3.91. The molecule has 1 N–H and O–H groups in total. The Morgan fingerprint density at radius 1 is 0.911 bits per heavy atom. The second kappa shape index (κ2) is 13.3. The molecule has 0 unspecified atom stereocenters. The van der Waals surface area contributed by atoms with Gasteiger partial charge < -0.3 is 27.7 Å². The van der Waals surface area contributed by atoms with E-state index in [0.717, 1.165) is 36.3 Å². The molecule has 3 heterocycles. The fourth-order valence-corrected chi connectivity index (χ4v) is 8.73. The van der Waals surface area contributed by atoms with Crippen LogP contribution in [0.4, 0.5) is 0 Å². The lowest BCUT2D eigenvalue weighted by molar-refractivity contribution is -0.150. The first kappa shape index (κ1) is 30.5. The molecule has 10 nitrogen and oxygen atoms in total. The molecule has 3 aliphatic heterocycles. The van der Waals surface area contributed by atoms with Gasteiger partial charge in [-0.3, -0.25) is 9.69 Å². The molecular weight excluding hydrogens is 598 g/mol. The minimum Gasteiger partial charge on any atom is -0.494 e. The van der Waals surface area contributed by atoms with Crippen molar-refractivity contribution in [3.05, 3.63) is 83.4 Å². The molecule has 0 aliphatic carbocycles. The number of likely N-dealkylation sites (tertiary alicyclic amines) is 1. The number of carboxylic acids is 1. The predicted molar refractivity (Wildman–Crippen MR) is 168 cm³/mol. The number of aliphatic carboxylic acids is 1. The van der Waals surface area contributed by atoms with E-state index < -0.39 is 28.5 Å². The number of hydrogen-bond acceptors (Lipinski definition) is 9. The summed E-state index contributed by atoms with van der Waals surface area (Å²) in [6.07, 6.45) is 3.30. The Kier molecular flexibility index (Phi) is 8.99. The van der Waals surface area contributed by atoms with Gasteiger partial charge in [-0.05, 0) is 86.0 Å². The van der Waals surface area contributed by atoms with Gasteiger partial charge in [0.15, 0.2) is 11.5 Å². The molecule has 0 saturated carbocycles. The molecular formula is C34H35NO9S. The number of fused-ring (bicyclic) bond motifs is 2. The van der Waals surface area contributed by atoms with Crippen LogP contribution in [-0.4, -0.2) is 67.9 Å². The van der Waals surface area contributed by atoms with Crippen LogP contribution in [0.25, 0.3) is 10.5 Å². The number of carbonyl (C=O) groups excluding carboxylic acids is 2.